The molecule has 3 atom stereocenters. The van der Waals surface area contributed by atoms with Crippen molar-refractivity contribution in [3.05, 3.63) is 17.0 Å². The number of aromatic nitrogens is 2. The van der Waals surface area contributed by atoms with Crippen LogP contribution in [0.5, 0.6) is 0 Å². The number of carbonyl (C=O) groups is 2. The smallest absolute Gasteiger partial charge is 0.234 e. The summed E-state index contributed by atoms with van der Waals surface area (Å²) in [5.41, 5.74) is 3.45. The van der Waals surface area contributed by atoms with Crippen molar-refractivity contribution in [3.63, 3.8) is 0 Å². The van der Waals surface area contributed by atoms with E-state index in [2.05, 4.69) is 27.1 Å². The fourth-order valence-corrected chi connectivity index (χ4v) is 5.61. The van der Waals surface area contributed by atoms with Crippen molar-refractivity contribution >= 4 is 11.8 Å². The van der Waals surface area contributed by atoms with Crippen LogP contribution in [0.2, 0.25) is 0 Å². The highest BCUT2D eigenvalue weighted by Gasteiger charge is 2.43. The molecule has 0 aliphatic carbocycles. The zero-order valence-corrected chi connectivity index (χ0v) is 17.4. The first-order valence-corrected chi connectivity index (χ1v) is 10.7. The van der Waals surface area contributed by atoms with E-state index in [0.717, 1.165) is 51.0 Å². The number of nitrogens with one attached hydrogen (secondary N) is 1. The second-order valence-electron chi connectivity index (χ2n) is 8.93. The molecule has 1 N–H and O–H groups in total. The van der Waals surface area contributed by atoms with Crippen molar-refractivity contribution in [2.24, 2.45) is 18.9 Å². The monoisotopic (exact) mass is 387 g/mol. The third kappa shape index (κ3) is 3.81. The predicted octanol–water partition coefficient (Wildman–Crippen LogP) is 1.03. The number of aryl methyl sites for hydroxylation is 2. The highest BCUT2D eigenvalue weighted by molar-refractivity contribution is 5.78. The van der Waals surface area contributed by atoms with Gasteiger partial charge in [-0.3, -0.25) is 19.2 Å². The Hall–Kier alpha value is -1.89. The highest BCUT2D eigenvalue weighted by atomic mass is 16.2. The minimum absolute atomic E-state index is 0.107. The number of hydrogen-bond acceptors (Lipinski definition) is 4. The van der Waals surface area contributed by atoms with Gasteiger partial charge in [-0.2, -0.15) is 5.10 Å². The largest absolute Gasteiger partial charge is 0.355 e. The summed E-state index contributed by atoms with van der Waals surface area (Å²) in [5, 5.41) is 7.53. The minimum Gasteiger partial charge on any atom is -0.355 e. The Bertz CT molecular complexity index is 758. The van der Waals surface area contributed by atoms with E-state index >= 15 is 0 Å². The van der Waals surface area contributed by atoms with Crippen molar-refractivity contribution < 1.29 is 9.59 Å². The summed E-state index contributed by atoms with van der Waals surface area (Å²) in [6.45, 7) is 7.98. The molecule has 0 aromatic carbocycles. The fourth-order valence-electron chi connectivity index (χ4n) is 5.61. The predicted molar refractivity (Wildman–Crippen MR) is 107 cm³/mol. The van der Waals surface area contributed by atoms with Crippen LogP contribution in [0.4, 0.5) is 0 Å². The molecule has 0 spiro atoms. The number of rotatable bonds is 5. The Balaban J connectivity index is 1.27. The van der Waals surface area contributed by atoms with E-state index in [9.17, 15) is 9.59 Å². The van der Waals surface area contributed by atoms with Gasteiger partial charge in [0.15, 0.2) is 0 Å². The molecule has 4 heterocycles. The third-order valence-electron chi connectivity index (χ3n) is 6.98. The maximum Gasteiger partial charge on any atom is 0.234 e. The lowest BCUT2D eigenvalue weighted by Gasteiger charge is -2.52. The number of piperidine rings is 3. The lowest BCUT2D eigenvalue weighted by atomic mass is 9.76. The molecule has 0 radical (unpaired) electrons. The van der Waals surface area contributed by atoms with Gasteiger partial charge < -0.3 is 10.2 Å². The molecule has 1 aromatic rings. The number of nitrogens with zero attached hydrogens (tertiary/aromatic N) is 4. The molecule has 3 fully saturated rings. The molecule has 2 amide bonds. The van der Waals surface area contributed by atoms with E-state index in [1.165, 1.54) is 17.7 Å². The number of hydrogen-bond donors (Lipinski definition) is 1. The summed E-state index contributed by atoms with van der Waals surface area (Å²) in [6.07, 6.45) is 4.91. The average Bonchev–Trinajstić information content (AvgIpc) is 2.88. The molecule has 7 nitrogen and oxygen atoms in total. The minimum atomic E-state index is 0.107. The maximum absolute atomic E-state index is 12.5. The van der Waals surface area contributed by atoms with Gasteiger partial charge in [-0.05, 0) is 56.9 Å². The van der Waals surface area contributed by atoms with Gasteiger partial charge in [0, 0.05) is 51.4 Å². The maximum atomic E-state index is 12.5. The standard InChI is InChI=1S/C21H33N5O2/c1-14-18(15(2)24(3)23-14)7-8-22-20(27)13-25-10-16-9-17(12-25)19-5-4-6-21(28)26(19)11-16/h16-17,19H,4-13H2,1-3H3,(H,22,27)/t16-,17-,19-/m1/s1. The summed E-state index contributed by atoms with van der Waals surface area (Å²) < 4.78 is 1.90. The van der Waals surface area contributed by atoms with Gasteiger partial charge in [0.05, 0.1) is 12.2 Å². The first-order chi connectivity index (χ1) is 13.4. The highest BCUT2D eigenvalue weighted by Crippen LogP contribution is 2.37. The van der Waals surface area contributed by atoms with Gasteiger partial charge in [-0.1, -0.05) is 0 Å². The van der Waals surface area contributed by atoms with Crippen molar-refractivity contribution in [2.75, 3.05) is 32.7 Å². The normalized spacial score (nSPS) is 27.6. The summed E-state index contributed by atoms with van der Waals surface area (Å²) in [5.74, 6) is 1.50. The first-order valence-electron chi connectivity index (χ1n) is 10.7. The molecular weight excluding hydrogens is 354 g/mol. The van der Waals surface area contributed by atoms with Crippen molar-refractivity contribution in [1.82, 2.24) is 24.9 Å². The number of carbonyl (C=O) groups excluding carboxylic acids is 2. The SMILES string of the molecule is Cc1nn(C)c(C)c1CCNC(=O)CN1C[C@H]2C[C@H](C1)[C@H]1CCCC(=O)N1C2. The first kappa shape index (κ1) is 19.4. The molecule has 4 rings (SSSR count). The van der Waals surface area contributed by atoms with Gasteiger partial charge in [-0.25, -0.2) is 0 Å². The van der Waals surface area contributed by atoms with Crippen LogP contribution >= 0.6 is 0 Å². The lowest BCUT2D eigenvalue weighted by Crippen LogP contribution is -2.61. The quantitative estimate of drug-likeness (QED) is 0.819. The van der Waals surface area contributed by atoms with Crippen LogP contribution in [0.1, 0.15) is 42.6 Å². The van der Waals surface area contributed by atoms with E-state index in [0.29, 0.717) is 36.9 Å². The van der Waals surface area contributed by atoms with Gasteiger partial charge in [0.25, 0.3) is 0 Å². The van der Waals surface area contributed by atoms with E-state index in [4.69, 9.17) is 0 Å². The van der Waals surface area contributed by atoms with Gasteiger partial charge >= 0.3 is 0 Å². The zero-order chi connectivity index (χ0) is 19.8. The summed E-state index contributed by atoms with van der Waals surface area (Å²) >= 11 is 0. The van der Waals surface area contributed by atoms with E-state index in [1.54, 1.807) is 0 Å². The molecule has 154 valence electrons. The molecule has 28 heavy (non-hydrogen) atoms. The van der Waals surface area contributed by atoms with Crippen LogP contribution < -0.4 is 5.32 Å². The molecule has 3 aliphatic heterocycles. The molecular formula is C21H33N5O2. The average molecular weight is 388 g/mol. The van der Waals surface area contributed by atoms with Crippen LogP contribution in [-0.4, -0.2) is 70.2 Å². The van der Waals surface area contributed by atoms with Crippen LogP contribution in [0.25, 0.3) is 0 Å². The van der Waals surface area contributed by atoms with Crippen molar-refractivity contribution in [1.29, 1.82) is 0 Å². The summed E-state index contributed by atoms with van der Waals surface area (Å²) in [4.78, 5) is 29.2. The lowest BCUT2D eigenvalue weighted by molar-refractivity contribution is -0.145. The molecule has 3 saturated heterocycles. The Labute approximate surface area is 167 Å². The molecule has 3 aliphatic rings. The zero-order valence-electron chi connectivity index (χ0n) is 17.4. The Kier molecular flexibility index (Phi) is 5.45. The molecule has 7 heteroatoms. The Morgan fingerprint density at radius 3 is 2.82 bits per heavy atom. The van der Waals surface area contributed by atoms with Gasteiger partial charge in [-0.15, -0.1) is 0 Å². The molecule has 1 aromatic heterocycles. The topological polar surface area (TPSA) is 70.5 Å². The van der Waals surface area contributed by atoms with E-state index in [-0.39, 0.29) is 5.91 Å². The summed E-state index contributed by atoms with van der Waals surface area (Å²) in [6, 6.07) is 0.403. The third-order valence-corrected chi connectivity index (χ3v) is 6.98. The molecule has 0 saturated carbocycles. The number of amides is 2. The van der Waals surface area contributed by atoms with E-state index in [1.807, 2.05) is 18.7 Å². The van der Waals surface area contributed by atoms with Crippen molar-refractivity contribution in [2.45, 2.75) is 52.0 Å². The van der Waals surface area contributed by atoms with Gasteiger partial charge in [0.1, 0.15) is 0 Å². The van der Waals surface area contributed by atoms with Crippen LogP contribution in [0.3, 0.4) is 0 Å². The van der Waals surface area contributed by atoms with Crippen LogP contribution in [-0.2, 0) is 23.1 Å². The molecule has 2 bridgehead atoms. The van der Waals surface area contributed by atoms with Gasteiger partial charge in [0.2, 0.25) is 11.8 Å². The van der Waals surface area contributed by atoms with Crippen LogP contribution in [0, 0.1) is 25.7 Å². The summed E-state index contributed by atoms with van der Waals surface area (Å²) in [7, 11) is 1.96. The fraction of sp³-hybridized carbons (Fsp3) is 0.762. The Morgan fingerprint density at radius 1 is 1.25 bits per heavy atom. The van der Waals surface area contributed by atoms with E-state index < -0.39 is 0 Å². The Morgan fingerprint density at radius 2 is 2.07 bits per heavy atom. The number of fused-ring (bicyclic) bond motifs is 4. The second-order valence-corrected chi connectivity index (χ2v) is 8.93. The van der Waals surface area contributed by atoms with Crippen molar-refractivity contribution in [3.8, 4) is 0 Å². The van der Waals surface area contributed by atoms with Crippen LogP contribution in [0.15, 0.2) is 0 Å². The molecule has 0 unspecified atom stereocenters. The number of likely N-dealkylation sites (tertiary alicyclic amines) is 1. The second kappa shape index (κ2) is 7.85.